The second-order valence-electron chi connectivity index (χ2n) is 5.12. The van der Waals surface area contributed by atoms with Crippen molar-refractivity contribution in [3.8, 4) is 0 Å². The van der Waals surface area contributed by atoms with Crippen LogP contribution in [0, 0.1) is 0 Å². The van der Waals surface area contributed by atoms with E-state index in [4.69, 9.17) is 31.0 Å². The zero-order valence-corrected chi connectivity index (χ0v) is 15.0. The fourth-order valence-corrected chi connectivity index (χ4v) is 23.5. The molecule has 0 saturated heterocycles. The Labute approximate surface area is 106 Å². The van der Waals surface area contributed by atoms with Gasteiger partial charge in [0.1, 0.15) is 0 Å². The predicted molar refractivity (Wildman–Crippen MR) is 76.1 cm³/mol. The van der Waals surface area contributed by atoms with Gasteiger partial charge in [-0.25, -0.2) is 0 Å². The molecular weight excluding hydrogens is 283 g/mol. The SMILES string of the molecule is CO[Si](C)(C)C[Si](Cl)(C[Si](C)(C)Cl)OC. The molecule has 0 spiro atoms. The highest BCUT2D eigenvalue weighted by Gasteiger charge is 2.44. The van der Waals surface area contributed by atoms with Crippen molar-refractivity contribution in [2.75, 3.05) is 14.2 Å². The zero-order chi connectivity index (χ0) is 12.3. The lowest BCUT2D eigenvalue weighted by Crippen LogP contribution is -2.47. The van der Waals surface area contributed by atoms with Crippen molar-refractivity contribution in [1.29, 1.82) is 0 Å². The minimum absolute atomic E-state index is 0.874. The van der Waals surface area contributed by atoms with Gasteiger partial charge in [-0.05, 0) is 24.4 Å². The van der Waals surface area contributed by atoms with Crippen LogP contribution in [-0.4, -0.2) is 37.5 Å². The molecule has 0 aromatic rings. The van der Waals surface area contributed by atoms with E-state index in [2.05, 4.69) is 26.2 Å². The summed E-state index contributed by atoms with van der Waals surface area (Å²) < 4.78 is 11.1. The van der Waals surface area contributed by atoms with Crippen LogP contribution in [0.3, 0.4) is 0 Å². The van der Waals surface area contributed by atoms with E-state index in [9.17, 15) is 0 Å². The van der Waals surface area contributed by atoms with Crippen molar-refractivity contribution in [2.24, 2.45) is 0 Å². The van der Waals surface area contributed by atoms with Crippen LogP contribution in [0.2, 0.25) is 37.5 Å². The van der Waals surface area contributed by atoms with Crippen LogP contribution >= 0.6 is 22.2 Å². The molecule has 92 valence electrons. The molecule has 0 aromatic heterocycles. The summed E-state index contributed by atoms with van der Waals surface area (Å²) in [6.45, 7) is 8.55. The second-order valence-corrected chi connectivity index (χ2v) is 22.6. The molecule has 1 unspecified atom stereocenters. The van der Waals surface area contributed by atoms with Crippen molar-refractivity contribution in [3.05, 3.63) is 0 Å². The third kappa shape index (κ3) is 7.14. The zero-order valence-electron chi connectivity index (χ0n) is 10.5. The van der Waals surface area contributed by atoms with Gasteiger partial charge in [-0.1, -0.05) is 13.1 Å². The number of rotatable bonds is 6. The lowest BCUT2D eigenvalue weighted by atomic mass is 11.7. The topological polar surface area (TPSA) is 18.5 Å². The summed E-state index contributed by atoms with van der Waals surface area (Å²) >= 11 is 12.9. The molecule has 15 heavy (non-hydrogen) atoms. The fourth-order valence-electron chi connectivity index (χ4n) is 1.54. The van der Waals surface area contributed by atoms with Crippen LogP contribution in [0.4, 0.5) is 0 Å². The highest BCUT2D eigenvalue weighted by Crippen LogP contribution is 2.33. The molecule has 0 aliphatic carbocycles. The predicted octanol–water partition coefficient (Wildman–Crippen LogP) is 3.69. The third-order valence-electron chi connectivity index (χ3n) is 2.29. The van der Waals surface area contributed by atoms with E-state index in [1.54, 1.807) is 14.2 Å². The molecule has 0 heterocycles. The van der Waals surface area contributed by atoms with Crippen LogP contribution in [0.15, 0.2) is 0 Å². The van der Waals surface area contributed by atoms with Crippen molar-refractivity contribution in [1.82, 2.24) is 0 Å². The summed E-state index contributed by atoms with van der Waals surface area (Å²) in [5.41, 5.74) is 1.77. The van der Waals surface area contributed by atoms with Gasteiger partial charge in [0, 0.05) is 14.2 Å². The molecule has 0 aliphatic rings. The monoisotopic (exact) mass is 304 g/mol. The Morgan fingerprint density at radius 1 is 0.867 bits per heavy atom. The van der Waals surface area contributed by atoms with E-state index in [0.717, 1.165) is 11.3 Å². The Hall–Kier alpha value is 1.15. The lowest BCUT2D eigenvalue weighted by Gasteiger charge is -2.32. The summed E-state index contributed by atoms with van der Waals surface area (Å²) in [5.74, 6) is 0. The molecule has 0 aliphatic heterocycles. The molecule has 7 heteroatoms. The van der Waals surface area contributed by atoms with E-state index >= 15 is 0 Å². The molecule has 1 atom stereocenters. The van der Waals surface area contributed by atoms with Crippen molar-refractivity contribution in [2.45, 2.75) is 37.5 Å². The van der Waals surface area contributed by atoms with Crippen LogP contribution in [0.25, 0.3) is 0 Å². The summed E-state index contributed by atoms with van der Waals surface area (Å²) in [5, 5.41) is 0. The largest absolute Gasteiger partial charge is 0.421 e. The molecule has 0 N–H and O–H groups in total. The third-order valence-corrected chi connectivity index (χ3v) is 19.2. The molecule has 0 rings (SSSR count). The van der Waals surface area contributed by atoms with Gasteiger partial charge in [-0.2, -0.15) is 11.1 Å². The standard InChI is InChI=1S/C8H22Cl2O2Si3/c1-11-14(5,6)8-15(10,12-2)7-13(3,4)9/h7-8H2,1-6H3. The smallest absolute Gasteiger partial charge is 0.287 e. The van der Waals surface area contributed by atoms with Gasteiger partial charge < -0.3 is 8.85 Å². The van der Waals surface area contributed by atoms with Crippen LogP contribution in [-0.2, 0) is 8.85 Å². The quantitative estimate of drug-likeness (QED) is 0.550. The number of hydrogen-bond acceptors (Lipinski definition) is 2. The van der Waals surface area contributed by atoms with E-state index in [1.807, 2.05) is 0 Å². The van der Waals surface area contributed by atoms with Gasteiger partial charge in [-0.3, -0.25) is 0 Å². The first-order chi connectivity index (χ1) is 6.54. The summed E-state index contributed by atoms with van der Waals surface area (Å²) in [7, 11) is -2.06. The molecule has 2 nitrogen and oxygen atoms in total. The molecule has 0 fully saturated rings. The Morgan fingerprint density at radius 2 is 1.33 bits per heavy atom. The Bertz CT molecular complexity index is 209. The molecule has 0 bridgehead atoms. The Balaban J connectivity index is 4.58. The van der Waals surface area contributed by atoms with Crippen molar-refractivity contribution in [3.63, 3.8) is 0 Å². The molecule has 0 saturated carbocycles. The van der Waals surface area contributed by atoms with Gasteiger partial charge in [0.15, 0.2) is 15.7 Å². The number of hydrogen-bond donors (Lipinski definition) is 0. The number of halogens is 2. The maximum atomic E-state index is 6.59. The molecule has 0 radical (unpaired) electrons. The van der Waals surface area contributed by atoms with E-state index in [1.165, 1.54) is 0 Å². The second kappa shape index (κ2) is 5.66. The summed E-state index contributed by atoms with van der Waals surface area (Å²) in [4.78, 5) is 0. The highest BCUT2D eigenvalue weighted by atomic mass is 35.6. The van der Waals surface area contributed by atoms with E-state index in [0.29, 0.717) is 0 Å². The van der Waals surface area contributed by atoms with E-state index in [-0.39, 0.29) is 0 Å². The van der Waals surface area contributed by atoms with Crippen LogP contribution < -0.4 is 0 Å². The maximum absolute atomic E-state index is 6.59. The summed E-state index contributed by atoms with van der Waals surface area (Å²) in [6.07, 6.45) is 0. The van der Waals surface area contributed by atoms with Crippen molar-refractivity contribution >= 4 is 45.5 Å². The minimum Gasteiger partial charge on any atom is -0.421 e. The first-order valence-corrected chi connectivity index (χ1v) is 15.7. The molecular formula is C8H22Cl2O2Si3. The van der Waals surface area contributed by atoms with Gasteiger partial charge in [0.2, 0.25) is 0 Å². The Morgan fingerprint density at radius 3 is 1.60 bits per heavy atom. The molecule has 0 aromatic carbocycles. The van der Waals surface area contributed by atoms with Crippen LogP contribution in [0.1, 0.15) is 0 Å². The van der Waals surface area contributed by atoms with Crippen LogP contribution in [0.5, 0.6) is 0 Å². The van der Waals surface area contributed by atoms with Gasteiger partial charge in [0.25, 0.3) is 7.63 Å². The highest BCUT2D eigenvalue weighted by molar-refractivity contribution is 7.32. The van der Waals surface area contributed by atoms with Gasteiger partial charge >= 0.3 is 0 Å². The normalized spacial score (nSPS) is 17.6. The van der Waals surface area contributed by atoms with Gasteiger partial charge in [-0.15, -0.1) is 11.1 Å². The Kier molecular flexibility index (Phi) is 6.09. The first-order valence-electron chi connectivity index (χ1n) is 5.02. The minimum atomic E-state index is -2.18. The van der Waals surface area contributed by atoms with E-state index < -0.39 is 23.3 Å². The molecule has 0 amide bonds. The lowest BCUT2D eigenvalue weighted by molar-refractivity contribution is 0.393. The first kappa shape index (κ1) is 16.2. The average molecular weight is 305 g/mol. The average Bonchev–Trinajstić information content (AvgIpc) is 2.00. The fraction of sp³-hybridized carbons (Fsp3) is 1.00. The maximum Gasteiger partial charge on any atom is 0.287 e. The van der Waals surface area contributed by atoms with Gasteiger partial charge in [0.05, 0.1) is 0 Å². The summed E-state index contributed by atoms with van der Waals surface area (Å²) in [6, 6.07) is 0. The van der Waals surface area contributed by atoms with Crippen molar-refractivity contribution < 1.29 is 8.85 Å².